The van der Waals surface area contributed by atoms with Crippen molar-refractivity contribution in [3.05, 3.63) is 41.9 Å². The lowest BCUT2D eigenvalue weighted by atomic mass is 10.0. The summed E-state index contributed by atoms with van der Waals surface area (Å²) in [7, 11) is 0. The topological polar surface area (TPSA) is 55.1 Å². The Bertz CT molecular complexity index is 502. The van der Waals surface area contributed by atoms with Gasteiger partial charge in [-0.2, -0.15) is 0 Å². The van der Waals surface area contributed by atoms with E-state index < -0.39 is 0 Å². The maximum absolute atomic E-state index is 10.4. The van der Waals surface area contributed by atoms with Crippen LogP contribution >= 0.6 is 0 Å². The molecule has 0 aliphatic rings. The van der Waals surface area contributed by atoms with Crippen molar-refractivity contribution in [2.24, 2.45) is 0 Å². The number of amides is 1. The SMILES string of the molecule is Cc1ncoc1-c1ccc(C(C)NC=O)cc1. The molecule has 4 heteroatoms. The average Bonchev–Trinajstić information content (AvgIpc) is 2.76. The molecule has 0 aliphatic carbocycles. The first-order valence-electron chi connectivity index (χ1n) is 5.42. The molecule has 2 aromatic rings. The highest BCUT2D eigenvalue weighted by Crippen LogP contribution is 2.24. The lowest BCUT2D eigenvalue weighted by Crippen LogP contribution is -2.15. The third-order valence-corrected chi connectivity index (χ3v) is 2.74. The highest BCUT2D eigenvalue weighted by Gasteiger charge is 2.08. The predicted molar refractivity (Wildman–Crippen MR) is 64.3 cm³/mol. The Balaban J connectivity index is 2.24. The average molecular weight is 230 g/mol. The summed E-state index contributed by atoms with van der Waals surface area (Å²) in [4.78, 5) is 14.4. The number of carbonyl (C=O) groups is 1. The van der Waals surface area contributed by atoms with E-state index in [4.69, 9.17) is 4.42 Å². The minimum absolute atomic E-state index is 0.0115. The van der Waals surface area contributed by atoms with Gasteiger partial charge in [0.05, 0.1) is 11.7 Å². The standard InChI is InChI=1S/C13H14N2O2/c1-9(14-7-16)11-3-5-12(6-4-11)13-10(2)15-8-17-13/h3-9H,1-2H3,(H,14,16). The van der Waals surface area contributed by atoms with Crippen molar-refractivity contribution in [3.8, 4) is 11.3 Å². The summed E-state index contributed by atoms with van der Waals surface area (Å²) in [5.74, 6) is 0.785. The molecule has 0 spiro atoms. The maximum Gasteiger partial charge on any atom is 0.207 e. The molecule has 1 atom stereocenters. The molecule has 1 aromatic heterocycles. The number of nitrogens with one attached hydrogen (secondary N) is 1. The molecule has 4 nitrogen and oxygen atoms in total. The maximum atomic E-state index is 10.4. The van der Waals surface area contributed by atoms with E-state index in [0.29, 0.717) is 6.41 Å². The minimum atomic E-state index is 0.0115. The minimum Gasteiger partial charge on any atom is -0.443 e. The van der Waals surface area contributed by atoms with Gasteiger partial charge in [0.2, 0.25) is 6.41 Å². The van der Waals surface area contributed by atoms with E-state index >= 15 is 0 Å². The normalized spacial score (nSPS) is 12.1. The summed E-state index contributed by atoms with van der Waals surface area (Å²) >= 11 is 0. The fourth-order valence-corrected chi connectivity index (χ4v) is 1.70. The second-order valence-electron chi connectivity index (χ2n) is 3.90. The van der Waals surface area contributed by atoms with Crippen molar-refractivity contribution >= 4 is 6.41 Å². The van der Waals surface area contributed by atoms with Gasteiger partial charge in [-0.15, -0.1) is 0 Å². The largest absolute Gasteiger partial charge is 0.443 e. The molecule has 1 N–H and O–H groups in total. The molecular formula is C13H14N2O2. The van der Waals surface area contributed by atoms with Crippen molar-refractivity contribution < 1.29 is 9.21 Å². The monoisotopic (exact) mass is 230 g/mol. The molecule has 0 saturated carbocycles. The van der Waals surface area contributed by atoms with Crippen LogP contribution in [0, 0.1) is 6.92 Å². The lowest BCUT2D eigenvalue weighted by Gasteiger charge is -2.10. The molecule has 0 fully saturated rings. The van der Waals surface area contributed by atoms with Gasteiger partial charge in [0.15, 0.2) is 12.2 Å². The van der Waals surface area contributed by atoms with Gasteiger partial charge in [-0.25, -0.2) is 4.98 Å². The summed E-state index contributed by atoms with van der Waals surface area (Å²) in [5.41, 5.74) is 2.91. The van der Waals surface area contributed by atoms with E-state index in [-0.39, 0.29) is 6.04 Å². The number of oxazole rings is 1. The van der Waals surface area contributed by atoms with E-state index in [1.807, 2.05) is 38.1 Å². The van der Waals surface area contributed by atoms with Crippen LogP contribution in [0.3, 0.4) is 0 Å². The summed E-state index contributed by atoms with van der Waals surface area (Å²) in [6, 6.07) is 7.88. The Morgan fingerprint density at radius 2 is 2.06 bits per heavy atom. The second kappa shape index (κ2) is 4.82. The molecular weight excluding hydrogens is 216 g/mol. The number of hydrogen-bond donors (Lipinski definition) is 1. The highest BCUT2D eigenvalue weighted by molar-refractivity contribution is 5.60. The number of aryl methyl sites for hydroxylation is 1. The van der Waals surface area contributed by atoms with Crippen LogP contribution in [0.15, 0.2) is 35.1 Å². The number of carbonyl (C=O) groups excluding carboxylic acids is 1. The van der Waals surface area contributed by atoms with Crippen LogP contribution in [-0.4, -0.2) is 11.4 Å². The molecule has 0 saturated heterocycles. The molecule has 1 aromatic carbocycles. The highest BCUT2D eigenvalue weighted by atomic mass is 16.3. The summed E-state index contributed by atoms with van der Waals surface area (Å²) in [6.45, 7) is 3.84. The fourth-order valence-electron chi connectivity index (χ4n) is 1.70. The Morgan fingerprint density at radius 1 is 1.35 bits per heavy atom. The van der Waals surface area contributed by atoms with E-state index in [1.165, 1.54) is 6.39 Å². The zero-order chi connectivity index (χ0) is 12.3. The van der Waals surface area contributed by atoms with Crippen molar-refractivity contribution in [2.45, 2.75) is 19.9 Å². The molecule has 0 radical (unpaired) electrons. The zero-order valence-corrected chi connectivity index (χ0v) is 9.81. The fraction of sp³-hybridized carbons (Fsp3) is 0.231. The smallest absolute Gasteiger partial charge is 0.207 e. The van der Waals surface area contributed by atoms with Crippen molar-refractivity contribution in [3.63, 3.8) is 0 Å². The van der Waals surface area contributed by atoms with Crippen molar-refractivity contribution in [1.82, 2.24) is 10.3 Å². The van der Waals surface area contributed by atoms with Crippen LogP contribution in [0.4, 0.5) is 0 Å². The van der Waals surface area contributed by atoms with Gasteiger partial charge in [0, 0.05) is 5.56 Å². The molecule has 0 bridgehead atoms. The molecule has 1 amide bonds. The van der Waals surface area contributed by atoms with Gasteiger partial charge in [0.1, 0.15) is 0 Å². The first-order valence-corrected chi connectivity index (χ1v) is 5.42. The van der Waals surface area contributed by atoms with Crippen molar-refractivity contribution in [2.75, 3.05) is 0 Å². The van der Waals surface area contributed by atoms with Gasteiger partial charge < -0.3 is 9.73 Å². The predicted octanol–water partition coefficient (Wildman–Crippen LogP) is 2.46. The molecule has 2 rings (SSSR count). The molecule has 1 unspecified atom stereocenters. The third-order valence-electron chi connectivity index (χ3n) is 2.74. The molecule has 88 valence electrons. The van der Waals surface area contributed by atoms with Gasteiger partial charge >= 0.3 is 0 Å². The summed E-state index contributed by atoms with van der Waals surface area (Å²) in [6.07, 6.45) is 2.15. The Hall–Kier alpha value is -2.10. The van der Waals surface area contributed by atoms with E-state index in [0.717, 1.165) is 22.6 Å². The Morgan fingerprint density at radius 3 is 2.59 bits per heavy atom. The summed E-state index contributed by atoms with van der Waals surface area (Å²) in [5, 5.41) is 2.71. The zero-order valence-electron chi connectivity index (χ0n) is 9.81. The van der Waals surface area contributed by atoms with Gasteiger partial charge in [-0.05, 0) is 19.4 Å². The third kappa shape index (κ3) is 2.36. The second-order valence-corrected chi connectivity index (χ2v) is 3.90. The Kier molecular flexibility index (Phi) is 3.23. The Labute approximate surface area is 99.7 Å². The van der Waals surface area contributed by atoms with Crippen LogP contribution < -0.4 is 5.32 Å². The molecule has 0 aliphatic heterocycles. The van der Waals surface area contributed by atoms with Crippen LogP contribution in [0.25, 0.3) is 11.3 Å². The van der Waals surface area contributed by atoms with Crippen LogP contribution in [0.1, 0.15) is 24.2 Å². The van der Waals surface area contributed by atoms with E-state index in [2.05, 4.69) is 10.3 Å². The number of hydrogen-bond acceptors (Lipinski definition) is 3. The first kappa shape index (κ1) is 11.4. The molecule has 1 heterocycles. The van der Waals surface area contributed by atoms with Crippen LogP contribution in [0.5, 0.6) is 0 Å². The number of rotatable bonds is 4. The van der Waals surface area contributed by atoms with Crippen LogP contribution in [0.2, 0.25) is 0 Å². The van der Waals surface area contributed by atoms with Crippen molar-refractivity contribution in [1.29, 1.82) is 0 Å². The number of aromatic nitrogens is 1. The lowest BCUT2D eigenvalue weighted by molar-refractivity contribution is -0.110. The number of nitrogens with zero attached hydrogens (tertiary/aromatic N) is 1. The van der Waals surface area contributed by atoms with Gasteiger partial charge in [0.25, 0.3) is 0 Å². The van der Waals surface area contributed by atoms with Gasteiger partial charge in [-0.3, -0.25) is 4.79 Å². The number of benzene rings is 1. The van der Waals surface area contributed by atoms with E-state index in [9.17, 15) is 4.79 Å². The first-order chi connectivity index (χ1) is 8.22. The van der Waals surface area contributed by atoms with Gasteiger partial charge in [-0.1, -0.05) is 24.3 Å². The van der Waals surface area contributed by atoms with Crippen LogP contribution in [-0.2, 0) is 4.79 Å². The molecule has 17 heavy (non-hydrogen) atoms. The van der Waals surface area contributed by atoms with E-state index in [1.54, 1.807) is 0 Å². The summed E-state index contributed by atoms with van der Waals surface area (Å²) < 4.78 is 5.32. The quantitative estimate of drug-likeness (QED) is 0.821.